The van der Waals surface area contributed by atoms with Gasteiger partial charge < -0.3 is 67.0 Å². The van der Waals surface area contributed by atoms with Crippen molar-refractivity contribution in [2.24, 2.45) is 55.1 Å². The van der Waals surface area contributed by atoms with Crippen molar-refractivity contribution in [3.05, 3.63) is 40.7 Å². The second kappa shape index (κ2) is 29.5. The molecule has 3 amide bonds. The third-order valence-electron chi connectivity index (χ3n) is 9.13. The fraction of sp³-hybridized carbons (Fsp3) is 0.579. The molecule has 0 unspecified atom stereocenters. The van der Waals surface area contributed by atoms with Crippen LogP contribution >= 0.6 is 11.6 Å². The van der Waals surface area contributed by atoms with Crippen LogP contribution in [0.4, 0.5) is 11.6 Å². The normalized spacial score (nSPS) is 12.3. The van der Waals surface area contributed by atoms with E-state index in [9.17, 15) is 14.4 Å². The highest BCUT2D eigenvalue weighted by Gasteiger charge is 2.17. The van der Waals surface area contributed by atoms with Crippen molar-refractivity contribution in [3.63, 3.8) is 0 Å². The van der Waals surface area contributed by atoms with Crippen LogP contribution in [-0.2, 0) is 16.0 Å². The van der Waals surface area contributed by atoms with E-state index in [0.29, 0.717) is 84.6 Å². The van der Waals surface area contributed by atoms with Gasteiger partial charge in [0.25, 0.3) is 5.91 Å². The third kappa shape index (κ3) is 23.0. The molecule has 0 radical (unpaired) electrons. The zero-order valence-corrected chi connectivity index (χ0v) is 35.8. The number of nitrogens with one attached hydrogen (secondary N) is 3. The van der Waals surface area contributed by atoms with Crippen LogP contribution in [0.25, 0.3) is 0 Å². The molecule has 21 N–H and O–H groups in total. The van der Waals surface area contributed by atoms with Crippen molar-refractivity contribution in [1.82, 2.24) is 30.8 Å². The van der Waals surface area contributed by atoms with E-state index in [1.54, 1.807) is 0 Å². The van der Waals surface area contributed by atoms with Crippen LogP contribution in [0, 0.1) is 0 Å². The molecule has 23 heteroatoms. The van der Waals surface area contributed by atoms with Gasteiger partial charge in [0.05, 0.1) is 12.1 Å². The van der Waals surface area contributed by atoms with Crippen molar-refractivity contribution in [2.75, 3.05) is 70.4 Å². The average Bonchev–Trinajstić information content (AvgIpc) is 3.21. The predicted octanol–water partition coefficient (Wildman–Crippen LogP) is -1.40. The van der Waals surface area contributed by atoms with Crippen molar-refractivity contribution < 1.29 is 19.1 Å². The summed E-state index contributed by atoms with van der Waals surface area (Å²) < 4.78 is 6.08. The van der Waals surface area contributed by atoms with Gasteiger partial charge in [-0.2, -0.15) is 0 Å². The van der Waals surface area contributed by atoms with Crippen LogP contribution in [0.3, 0.4) is 0 Å². The minimum Gasteiger partial charge on any atom is -0.492 e. The number of hydrogen-bond acceptors (Lipinski definition) is 14. The van der Waals surface area contributed by atoms with Crippen molar-refractivity contribution >= 4 is 58.8 Å². The Labute approximate surface area is 362 Å². The molecule has 0 aliphatic heterocycles. The first kappa shape index (κ1) is 51.4. The van der Waals surface area contributed by atoms with Crippen LogP contribution < -0.4 is 72.3 Å². The van der Waals surface area contributed by atoms with E-state index >= 15 is 0 Å². The number of amides is 3. The van der Waals surface area contributed by atoms with E-state index in [0.717, 1.165) is 56.3 Å². The molecule has 0 bridgehead atoms. The Morgan fingerprint density at radius 3 is 1.75 bits per heavy atom. The molecule has 22 nitrogen and oxygen atoms in total. The van der Waals surface area contributed by atoms with E-state index < -0.39 is 18.0 Å². The highest BCUT2D eigenvalue weighted by atomic mass is 35.5. The molecule has 0 fully saturated rings. The van der Waals surface area contributed by atoms with Gasteiger partial charge in [-0.15, -0.1) is 0 Å². The van der Waals surface area contributed by atoms with Gasteiger partial charge in [-0.3, -0.25) is 39.6 Å². The highest BCUT2D eigenvalue weighted by molar-refractivity contribution is 6.31. The molecule has 2 rings (SSSR count). The lowest BCUT2D eigenvalue weighted by atomic mass is 10.1. The second-order valence-corrected chi connectivity index (χ2v) is 14.6. The molecule has 61 heavy (non-hydrogen) atoms. The summed E-state index contributed by atoms with van der Waals surface area (Å²) in [5, 5.41) is 8.14. The summed E-state index contributed by atoms with van der Waals surface area (Å²) in [7, 11) is 0. The molecule has 0 spiro atoms. The Hall–Kier alpha value is -5.71. The third-order valence-corrected chi connectivity index (χ3v) is 9.40. The number of nitrogens with two attached hydrogens (primary N) is 9. The van der Waals surface area contributed by atoms with E-state index in [2.05, 4.69) is 45.8 Å². The lowest BCUT2D eigenvalue weighted by Gasteiger charge is -2.23. The van der Waals surface area contributed by atoms with Gasteiger partial charge in [0.2, 0.25) is 11.8 Å². The minimum atomic E-state index is -0.693. The molecule has 1 aromatic carbocycles. The number of aromatic nitrogens is 2. The maximum absolute atomic E-state index is 12.5. The number of carbonyl (C=O) groups excluding carboxylic acids is 3. The largest absolute Gasteiger partial charge is 0.492 e. The van der Waals surface area contributed by atoms with E-state index in [4.69, 9.17) is 67.9 Å². The molecule has 2 aromatic rings. The second-order valence-electron chi connectivity index (χ2n) is 14.3. The number of nitrogens with zero attached hydrogens (tertiary/aromatic N) is 6. The summed E-state index contributed by atoms with van der Waals surface area (Å²) in [4.78, 5) is 59.4. The summed E-state index contributed by atoms with van der Waals surface area (Å²) >= 11 is 5.84. The Kier molecular flexibility index (Phi) is 24.9. The Balaban J connectivity index is 1.79. The molecule has 0 aliphatic carbocycles. The SMILES string of the molecule is NC(N)=NCCCC[C@@H](N)C(=O)NCCCN(CCCNC(=O)[C@H](N)CCCCN=C(N)N)CCOc1ccc(CCCCN=C(N)NC(=O)c2nc(Cl)c(N)nc2N)cc1. The maximum atomic E-state index is 12.5. The quantitative estimate of drug-likeness (QED) is 0.0244. The van der Waals surface area contributed by atoms with Gasteiger partial charge in [0.15, 0.2) is 40.4 Å². The zero-order valence-electron chi connectivity index (χ0n) is 35.0. The number of anilines is 2. The van der Waals surface area contributed by atoms with Crippen LogP contribution in [0.15, 0.2) is 39.2 Å². The smallest absolute Gasteiger partial charge is 0.280 e. The van der Waals surface area contributed by atoms with Crippen molar-refractivity contribution in [2.45, 2.75) is 82.7 Å². The Morgan fingerprint density at radius 2 is 1.21 bits per heavy atom. The highest BCUT2D eigenvalue weighted by Crippen LogP contribution is 2.17. The number of nitrogen functional groups attached to an aromatic ring is 2. The number of benzene rings is 1. The van der Waals surface area contributed by atoms with Gasteiger partial charge in [0, 0.05) is 39.3 Å². The molecule has 340 valence electrons. The summed E-state index contributed by atoms with van der Waals surface area (Å²) in [6.07, 6.45) is 7.80. The first-order valence-corrected chi connectivity index (χ1v) is 20.8. The maximum Gasteiger partial charge on any atom is 0.280 e. The van der Waals surface area contributed by atoms with Gasteiger partial charge in [-0.1, -0.05) is 23.7 Å². The molecule has 0 saturated heterocycles. The molecular weight excluding hydrogens is 808 g/mol. The molecule has 1 aromatic heterocycles. The van der Waals surface area contributed by atoms with Crippen LogP contribution in [0.5, 0.6) is 5.75 Å². The standard InChI is InChI=1S/C38H67ClN18O4/c39-30-32(43)55-31(42)29(54-30)35(60)56-38(48)53-18-4-1-9-25-12-14-26(15-13-25)61-24-23-57(21-7-19-49-33(58)27(40)10-2-5-16-51-36(44)45)22-8-20-50-34(59)28(41)11-3-6-17-52-37(46)47/h12-15,27-28H,1-11,16-24,40-41H2,(H,49,58)(H,50,59)(H4,42,43,55)(H4,44,45,51)(H4,46,47,52)(H3,48,53,56,60)/t27-,28-/m1/s1. The summed E-state index contributed by atoms with van der Waals surface area (Å²) in [6, 6.07) is 6.68. The van der Waals surface area contributed by atoms with Crippen molar-refractivity contribution in [3.8, 4) is 5.75 Å². The lowest BCUT2D eigenvalue weighted by molar-refractivity contribution is -0.123. The number of aryl methyl sites for hydroxylation is 1. The Bertz CT molecular complexity index is 1670. The number of aliphatic imine (C=N–C) groups is 3. The predicted molar refractivity (Wildman–Crippen MR) is 241 cm³/mol. The Morgan fingerprint density at radius 1 is 0.689 bits per heavy atom. The fourth-order valence-corrected chi connectivity index (χ4v) is 5.89. The monoisotopic (exact) mass is 875 g/mol. The summed E-state index contributed by atoms with van der Waals surface area (Å²) in [5.41, 5.74) is 51.6. The molecule has 0 aliphatic rings. The number of hydrogen-bond donors (Lipinski definition) is 12. The van der Waals surface area contributed by atoms with E-state index in [1.807, 2.05) is 24.3 Å². The van der Waals surface area contributed by atoms with E-state index in [1.165, 1.54) is 0 Å². The first-order chi connectivity index (χ1) is 29.2. The first-order valence-electron chi connectivity index (χ1n) is 20.5. The fourth-order valence-electron chi connectivity index (χ4n) is 5.77. The number of ether oxygens (including phenoxy) is 1. The minimum absolute atomic E-state index is 0.0445. The molecular formula is C38H67ClN18O4. The summed E-state index contributed by atoms with van der Waals surface area (Å²) in [6.45, 7) is 4.80. The van der Waals surface area contributed by atoms with Crippen LogP contribution in [0.2, 0.25) is 5.15 Å². The zero-order chi connectivity index (χ0) is 45.0. The molecule has 1 heterocycles. The van der Waals surface area contributed by atoms with Gasteiger partial charge >= 0.3 is 0 Å². The number of carbonyl (C=O) groups is 3. The van der Waals surface area contributed by atoms with Crippen LogP contribution in [-0.4, -0.2) is 122 Å². The van der Waals surface area contributed by atoms with Gasteiger partial charge in [0.1, 0.15) is 12.4 Å². The van der Waals surface area contributed by atoms with Crippen molar-refractivity contribution in [1.29, 1.82) is 0 Å². The number of rotatable bonds is 30. The van der Waals surface area contributed by atoms with Crippen LogP contribution in [0.1, 0.15) is 80.3 Å². The number of halogens is 1. The lowest BCUT2D eigenvalue weighted by Crippen LogP contribution is -2.42. The average molecular weight is 876 g/mol. The molecule has 2 atom stereocenters. The number of unbranched alkanes of at least 4 members (excludes halogenated alkanes) is 3. The van der Waals surface area contributed by atoms with Gasteiger partial charge in [-0.05, 0) is 101 Å². The topological polar surface area (TPSA) is 397 Å². The summed E-state index contributed by atoms with van der Waals surface area (Å²) in [5.74, 6) is -0.588. The van der Waals surface area contributed by atoms with E-state index in [-0.39, 0.29) is 52.2 Å². The van der Waals surface area contributed by atoms with Gasteiger partial charge in [-0.25, -0.2) is 9.97 Å². The number of guanidine groups is 3. The molecule has 0 saturated carbocycles.